The molecule has 0 radical (unpaired) electrons. The van der Waals surface area contributed by atoms with Gasteiger partial charge in [-0.3, -0.25) is 9.36 Å². The molecular weight excluding hydrogens is 463 g/mol. The highest BCUT2D eigenvalue weighted by Crippen LogP contribution is 2.24. The fourth-order valence-corrected chi connectivity index (χ4v) is 3.37. The summed E-state index contributed by atoms with van der Waals surface area (Å²) in [5.41, 5.74) is -0.759. The zero-order chi connectivity index (χ0) is 24.3. The van der Waals surface area contributed by atoms with Gasteiger partial charge in [-0.2, -0.15) is 4.98 Å². The number of para-hydroxylation sites is 1. The van der Waals surface area contributed by atoms with E-state index < -0.39 is 39.8 Å². The molecular formula is C22H19ClF3N3O4. The maximum Gasteiger partial charge on any atom is 0.407 e. The second-order valence-corrected chi connectivity index (χ2v) is 7.37. The Morgan fingerprint density at radius 1 is 1.18 bits per heavy atom. The molecule has 3 aromatic rings. The van der Waals surface area contributed by atoms with Crippen molar-refractivity contribution in [3.8, 4) is 11.6 Å². The second-order valence-electron chi connectivity index (χ2n) is 6.99. The van der Waals surface area contributed by atoms with Crippen LogP contribution in [0.15, 0.2) is 41.2 Å². The van der Waals surface area contributed by atoms with E-state index in [2.05, 4.69) is 4.98 Å². The number of hydrogen-bond acceptors (Lipinski definition) is 4. The van der Waals surface area contributed by atoms with Gasteiger partial charge >= 0.3 is 6.09 Å². The lowest BCUT2D eigenvalue weighted by Gasteiger charge is -2.19. The molecule has 0 aliphatic carbocycles. The number of benzene rings is 2. The first-order chi connectivity index (χ1) is 15.6. The molecule has 0 saturated carbocycles. The average molecular weight is 482 g/mol. The standard InChI is InChI=1S/C22H19ClF3N3O4/c1-3-28(22(31)32)10-14-9-15(24)8-7-13(14)11-33-20-18(23)21(30)29(12(2)27-20)19-16(25)5-4-6-17(19)26/h4-9H,3,10-11H2,1-2H3,(H,31,32). The molecule has 0 atom stereocenters. The quantitative estimate of drug-likeness (QED) is 0.529. The molecule has 11 heteroatoms. The van der Waals surface area contributed by atoms with Gasteiger partial charge in [0, 0.05) is 13.1 Å². The highest BCUT2D eigenvalue weighted by atomic mass is 35.5. The molecule has 0 spiro atoms. The first-order valence-electron chi connectivity index (χ1n) is 9.75. The van der Waals surface area contributed by atoms with Crippen LogP contribution in [0, 0.1) is 24.4 Å². The summed E-state index contributed by atoms with van der Waals surface area (Å²) in [6, 6.07) is 6.93. The first-order valence-corrected chi connectivity index (χ1v) is 10.1. The summed E-state index contributed by atoms with van der Waals surface area (Å²) in [4.78, 5) is 29.2. The van der Waals surface area contributed by atoms with Crippen LogP contribution in [0.2, 0.25) is 5.02 Å². The van der Waals surface area contributed by atoms with Crippen molar-refractivity contribution in [3.05, 3.63) is 86.2 Å². The Bertz CT molecular complexity index is 1250. The molecule has 0 unspecified atom stereocenters. The summed E-state index contributed by atoms with van der Waals surface area (Å²) in [6.45, 7) is 2.88. The Morgan fingerprint density at radius 2 is 1.85 bits per heavy atom. The molecule has 1 heterocycles. The van der Waals surface area contributed by atoms with Crippen LogP contribution in [0.4, 0.5) is 18.0 Å². The Balaban J connectivity index is 1.94. The number of nitrogens with zero attached hydrogens (tertiary/aromatic N) is 3. The number of aryl methyl sites for hydroxylation is 1. The van der Waals surface area contributed by atoms with Crippen molar-refractivity contribution in [1.82, 2.24) is 14.5 Å². The molecule has 33 heavy (non-hydrogen) atoms. The third kappa shape index (κ3) is 5.11. The van der Waals surface area contributed by atoms with Crippen LogP contribution in [-0.4, -0.2) is 32.2 Å². The maximum absolute atomic E-state index is 14.2. The van der Waals surface area contributed by atoms with E-state index in [0.29, 0.717) is 15.7 Å². The molecule has 2 aromatic carbocycles. The molecule has 0 aliphatic heterocycles. The fraction of sp³-hybridized carbons (Fsp3) is 0.227. The van der Waals surface area contributed by atoms with Crippen LogP contribution >= 0.6 is 11.6 Å². The van der Waals surface area contributed by atoms with Crippen LogP contribution in [0.5, 0.6) is 5.88 Å². The Kier molecular flexibility index (Phi) is 7.27. The van der Waals surface area contributed by atoms with Crippen LogP contribution < -0.4 is 10.3 Å². The van der Waals surface area contributed by atoms with E-state index in [0.717, 1.165) is 23.1 Å². The van der Waals surface area contributed by atoms with E-state index in [1.54, 1.807) is 6.92 Å². The van der Waals surface area contributed by atoms with Gasteiger partial charge in [0.2, 0.25) is 5.88 Å². The number of carboxylic acid groups (broad SMARTS) is 1. The summed E-state index contributed by atoms with van der Waals surface area (Å²) < 4.78 is 48.4. The van der Waals surface area contributed by atoms with E-state index in [4.69, 9.17) is 16.3 Å². The van der Waals surface area contributed by atoms with Crippen molar-refractivity contribution in [2.24, 2.45) is 0 Å². The topological polar surface area (TPSA) is 84.7 Å². The molecule has 1 amide bonds. The van der Waals surface area contributed by atoms with Gasteiger partial charge < -0.3 is 14.7 Å². The lowest BCUT2D eigenvalue weighted by Crippen LogP contribution is -2.29. The van der Waals surface area contributed by atoms with Gasteiger partial charge in [0.15, 0.2) is 5.02 Å². The Hall–Kier alpha value is -3.53. The molecule has 0 saturated heterocycles. The zero-order valence-electron chi connectivity index (χ0n) is 17.6. The number of rotatable bonds is 7. The largest absolute Gasteiger partial charge is 0.472 e. The minimum atomic E-state index is -1.17. The molecule has 1 N–H and O–H groups in total. The lowest BCUT2D eigenvalue weighted by molar-refractivity contribution is 0.144. The van der Waals surface area contributed by atoms with Gasteiger partial charge in [0.05, 0.1) is 0 Å². The van der Waals surface area contributed by atoms with E-state index in [9.17, 15) is 27.9 Å². The highest BCUT2D eigenvalue weighted by molar-refractivity contribution is 6.31. The van der Waals surface area contributed by atoms with Gasteiger partial charge in [0.25, 0.3) is 5.56 Å². The first kappa shape index (κ1) is 24.1. The van der Waals surface area contributed by atoms with Crippen molar-refractivity contribution < 1.29 is 27.8 Å². The van der Waals surface area contributed by atoms with Crippen molar-refractivity contribution >= 4 is 17.7 Å². The number of halogens is 4. The maximum atomic E-state index is 14.2. The van der Waals surface area contributed by atoms with Gasteiger partial charge in [-0.25, -0.2) is 18.0 Å². The number of aromatic nitrogens is 2. The van der Waals surface area contributed by atoms with Gasteiger partial charge in [-0.15, -0.1) is 0 Å². The monoisotopic (exact) mass is 481 g/mol. The van der Waals surface area contributed by atoms with Crippen LogP contribution in [0.3, 0.4) is 0 Å². The molecule has 174 valence electrons. The van der Waals surface area contributed by atoms with Crippen molar-refractivity contribution in [1.29, 1.82) is 0 Å². The summed E-state index contributed by atoms with van der Waals surface area (Å²) in [6.07, 6.45) is -1.17. The van der Waals surface area contributed by atoms with Crippen LogP contribution in [0.25, 0.3) is 5.69 Å². The number of amides is 1. The predicted octanol–water partition coefficient (Wildman–Crippen LogP) is 4.69. The minimum Gasteiger partial charge on any atom is -0.472 e. The number of carbonyl (C=O) groups is 1. The SMILES string of the molecule is CCN(Cc1cc(F)ccc1COc1nc(C)n(-c2c(F)cccc2F)c(=O)c1Cl)C(=O)O. The predicted molar refractivity (Wildman–Crippen MR) is 114 cm³/mol. The minimum absolute atomic E-state index is 0.0780. The molecule has 3 rings (SSSR count). The third-order valence-electron chi connectivity index (χ3n) is 4.87. The van der Waals surface area contributed by atoms with Gasteiger partial charge in [-0.1, -0.05) is 23.7 Å². The fourth-order valence-electron chi connectivity index (χ4n) is 3.19. The van der Waals surface area contributed by atoms with Crippen molar-refractivity contribution in [2.75, 3.05) is 6.54 Å². The summed E-state index contributed by atoms with van der Waals surface area (Å²) >= 11 is 6.09. The third-order valence-corrected chi connectivity index (χ3v) is 5.20. The molecule has 7 nitrogen and oxygen atoms in total. The van der Waals surface area contributed by atoms with Gasteiger partial charge in [-0.05, 0) is 49.2 Å². The molecule has 0 bridgehead atoms. The lowest BCUT2D eigenvalue weighted by atomic mass is 10.1. The molecule has 1 aromatic heterocycles. The van der Waals surface area contributed by atoms with E-state index in [1.165, 1.54) is 25.1 Å². The highest BCUT2D eigenvalue weighted by Gasteiger charge is 2.21. The van der Waals surface area contributed by atoms with Crippen LogP contribution in [0.1, 0.15) is 23.9 Å². The Morgan fingerprint density at radius 3 is 2.45 bits per heavy atom. The number of ether oxygens (including phenoxy) is 1. The normalized spacial score (nSPS) is 10.8. The molecule has 0 fully saturated rings. The van der Waals surface area contributed by atoms with Gasteiger partial charge in [0.1, 0.15) is 35.6 Å². The summed E-state index contributed by atoms with van der Waals surface area (Å²) in [5.74, 6) is -2.86. The Labute approximate surface area is 191 Å². The van der Waals surface area contributed by atoms with E-state index in [1.807, 2.05) is 0 Å². The smallest absolute Gasteiger partial charge is 0.407 e. The van der Waals surface area contributed by atoms with Crippen LogP contribution in [-0.2, 0) is 13.2 Å². The second kappa shape index (κ2) is 9.95. The number of hydrogen-bond donors (Lipinski definition) is 1. The molecule has 0 aliphatic rings. The summed E-state index contributed by atoms with van der Waals surface area (Å²) in [5, 5.41) is 8.74. The van der Waals surface area contributed by atoms with Crippen molar-refractivity contribution in [2.45, 2.75) is 27.0 Å². The summed E-state index contributed by atoms with van der Waals surface area (Å²) in [7, 11) is 0. The van der Waals surface area contributed by atoms with Crippen molar-refractivity contribution in [3.63, 3.8) is 0 Å². The van der Waals surface area contributed by atoms with E-state index >= 15 is 0 Å². The zero-order valence-corrected chi connectivity index (χ0v) is 18.4. The van der Waals surface area contributed by atoms with E-state index in [-0.39, 0.29) is 31.4 Å². The average Bonchev–Trinajstić information content (AvgIpc) is 2.76.